The molecule has 0 saturated heterocycles. The predicted octanol–water partition coefficient (Wildman–Crippen LogP) is 8.29. The maximum atomic E-state index is 2.59. The molecule has 0 aliphatic heterocycles. The van der Waals surface area contributed by atoms with Crippen LogP contribution in [0, 0.1) is 0 Å². The van der Waals surface area contributed by atoms with Gasteiger partial charge in [-0.25, -0.2) is 0 Å². The van der Waals surface area contributed by atoms with E-state index in [9.17, 15) is 0 Å². The molecule has 177 valence electrons. The maximum absolute atomic E-state index is 2.65. The Balaban J connectivity index is 0.00000162. The van der Waals surface area contributed by atoms with E-state index in [1.807, 2.05) is 0 Å². The SMILES string of the molecule is CC[CH](CCC1C=Cc2ccccc21)[Zr](=[SiH2])([CH2]c1ccccc1)[CH]1C=Cc2ccccc21.Cl.Cl. The third-order valence-electron chi connectivity index (χ3n) is 7.83. The molecule has 5 rings (SSSR count). The van der Waals surface area contributed by atoms with Gasteiger partial charge in [-0.3, -0.25) is 0 Å². The zero-order chi connectivity index (χ0) is 22.0. The topological polar surface area (TPSA) is 0 Å². The first-order chi connectivity index (χ1) is 15.7. The van der Waals surface area contributed by atoms with Gasteiger partial charge in [0.1, 0.15) is 0 Å². The van der Waals surface area contributed by atoms with Crippen LogP contribution < -0.4 is 0 Å². The van der Waals surface area contributed by atoms with Gasteiger partial charge in [-0.2, -0.15) is 0 Å². The van der Waals surface area contributed by atoms with Gasteiger partial charge in [0, 0.05) is 0 Å². The summed E-state index contributed by atoms with van der Waals surface area (Å²) >= 11 is -2.65. The minimum Gasteiger partial charge on any atom is -0.147 e. The minimum atomic E-state index is -2.65. The molecule has 34 heavy (non-hydrogen) atoms. The largest absolute Gasteiger partial charge is 0.147 e. The van der Waals surface area contributed by atoms with Crippen molar-refractivity contribution in [3.63, 3.8) is 0 Å². The van der Waals surface area contributed by atoms with Crippen LogP contribution in [0.3, 0.4) is 0 Å². The minimum absolute atomic E-state index is 0. The molecular weight excluding hydrogens is 551 g/mol. The molecule has 4 unspecified atom stereocenters. The molecule has 0 N–H and O–H groups in total. The second-order valence-electron chi connectivity index (χ2n) is 9.64. The Hall–Kier alpha value is -1.18. The summed E-state index contributed by atoms with van der Waals surface area (Å²) in [6, 6.07) is 29.5. The standard InChI is InChI=1S/C14H17.C9H7.C7H7.2ClH.H2Si.Zr/c1-2-3-4-7-12-10-11-13-8-5-6-9-14(12)13;1-2-5-9-7-3-6-8(9)4-1;1-7-5-3-2-4-6-7;;;;/h3,5-6,8-12H,2,4,7H2,1H3;1-7H;2-6H,1H2;2*1H;1H2;. The van der Waals surface area contributed by atoms with Crippen molar-refractivity contribution < 1.29 is 18.9 Å². The zero-order valence-corrected chi connectivity index (χ0v) is 25.4. The first kappa shape index (κ1) is 27.4. The van der Waals surface area contributed by atoms with Crippen LogP contribution in [0.4, 0.5) is 0 Å². The Morgan fingerprint density at radius 3 is 2.06 bits per heavy atom. The molecule has 0 bridgehead atoms. The van der Waals surface area contributed by atoms with Gasteiger partial charge in [0.25, 0.3) is 0 Å². The number of rotatable bonds is 8. The Kier molecular flexibility index (Phi) is 9.82. The normalized spacial score (nSPS) is 19.9. The van der Waals surface area contributed by atoms with E-state index >= 15 is 0 Å². The third kappa shape index (κ3) is 5.46. The van der Waals surface area contributed by atoms with Gasteiger partial charge in [0.2, 0.25) is 0 Å². The monoisotopic (exact) mass is 583 g/mol. The molecule has 2 aliphatic carbocycles. The number of allylic oxidation sites excluding steroid dienone is 2. The zero-order valence-electron chi connectivity index (χ0n) is 19.9. The van der Waals surface area contributed by atoms with E-state index in [2.05, 4.69) is 117 Å². The van der Waals surface area contributed by atoms with Crippen molar-refractivity contribution in [2.24, 2.45) is 0 Å². The molecule has 4 atom stereocenters. The van der Waals surface area contributed by atoms with Crippen LogP contribution in [0.15, 0.2) is 91.0 Å². The van der Waals surface area contributed by atoms with Gasteiger partial charge in [0.05, 0.1) is 0 Å². The van der Waals surface area contributed by atoms with Crippen LogP contribution in [0.1, 0.15) is 63.5 Å². The van der Waals surface area contributed by atoms with Gasteiger partial charge in [-0.05, 0) is 0 Å². The van der Waals surface area contributed by atoms with Crippen LogP contribution in [0.5, 0.6) is 0 Å². The Morgan fingerprint density at radius 1 is 0.765 bits per heavy atom. The molecule has 0 nitrogen and oxygen atoms in total. The van der Waals surface area contributed by atoms with Crippen LogP contribution in [-0.2, 0) is 23.0 Å². The molecule has 4 heteroatoms. The second-order valence-corrected chi connectivity index (χ2v) is 27.9. The van der Waals surface area contributed by atoms with Crippen LogP contribution in [0.2, 0.25) is 3.63 Å². The van der Waals surface area contributed by atoms with Gasteiger partial charge in [-0.15, -0.1) is 24.8 Å². The quantitative estimate of drug-likeness (QED) is 0.233. The molecular formula is C30H35Cl2SiZr. The van der Waals surface area contributed by atoms with Gasteiger partial charge in [-0.1, -0.05) is 0 Å². The maximum Gasteiger partial charge on any atom is -0.147 e. The van der Waals surface area contributed by atoms with Crippen molar-refractivity contribution in [3.8, 4) is 0 Å². The van der Waals surface area contributed by atoms with E-state index in [1.165, 1.54) is 40.1 Å². The summed E-state index contributed by atoms with van der Waals surface area (Å²) in [6.45, 7) is 4.95. The third-order valence-corrected chi connectivity index (χ3v) is 27.9. The van der Waals surface area contributed by atoms with Crippen molar-refractivity contribution in [1.82, 2.24) is 0 Å². The van der Waals surface area contributed by atoms with Crippen LogP contribution >= 0.6 is 24.8 Å². The molecule has 0 fully saturated rings. The second kappa shape index (κ2) is 12.2. The van der Waals surface area contributed by atoms with E-state index in [1.54, 1.807) is 11.1 Å². The molecule has 3 aromatic carbocycles. The first-order valence-corrected chi connectivity index (χ1v) is 22.6. The summed E-state index contributed by atoms with van der Waals surface area (Å²) in [7, 11) is 0. The Labute approximate surface area is 223 Å². The fraction of sp³-hybridized carbons (Fsp3) is 0.267. The fourth-order valence-electron chi connectivity index (χ4n) is 6.09. The number of fused-ring (bicyclic) bond motifs is 2. The van der Waals surface area contributed by atoms with E-state index in [0.717, 1.165) is 3.63 Å². The van der Waals surface area contributed by atoms with E-state index in [4.69, 9.17) is 0 Å². The van der Waals surface area contributed by atoms with E-state index in [-0.39, 0.29) is 24.8 Å². The smallest absolute Gasteiger partial charge is 0.147 e. The van der Waals surface area contributed by atoms with E-state index < -0.39 is 18.9 Å². The Morgan fingerprint density at radius 2 is 1.35 bits per heavy atom. The van der Waals surface area contributed by atoms with Crippen molar-refractivity contribution >= 4 is 43.8 Å². The van der Waals surface area contributed by atoms with E-state index in [0.29, 0.717) is 9.54 Å². The average molecular weight is 586 g/mol. The molecule has 3 aromatic rings. The number of hydrogen-bond acceptors (Lipinski definition) is 0. The van der Waals surface area contributed by atoms with Crippen molar-refractivity contribution in [1.29, 1.82) is 0 Å². The summed E-state index contributed by atoms with van der Waals surface area (Å²) in [5, 5.41) is 0. The molecule has 0 heterocycles. The number of hydrogen-bond donors (Lipinski definition) is 0. The number of benzene rings is 3. The Bertz CT molecular complexity index is 1200. The molecule has 2 aliphatic rings. The first-order valence-electron chi connectivity index (χ1n) is 12.1. The molecule has 0 amide bonds. The molecule has 0 radical (unpaired) electrons. The van der Waals surface area contributed by atoms with Crippen molar-refractivity contribution in [2.45, 2.75) is 43.5 Å². The summed E-state index contributed by atoms with van der Waals surface area (Å²) < 4.78 is 2.91. The van der Waals surface area contributed by atoms with Crippen LogP contribution in [-0.4, -0.2) is 6.88 Å². The summed E-state index contributed by atoms with van der Waals surface area (Å²) in [5.74, 6) is 0.599. The van der Waals surface area contributed by atoms with Crippen molar-refractivity contribution in [2.75, 3.05) is 0 Å². The summed E-state index contributed by atoms with van der Waals surface area (Å²) in [4.78, 5) is 0. The summed E-state index contributed by atoms with van der Waals surface area (Å²) in [5.41, 5.74) is 7.59. The fourth-order valence-corrected chi connectivity index (χ4v) is 24.9. The van der Waals surface area contributed by atoms with Crippen molar-refractivity contribution in [3.05, 3.63) is 119 Å². The van der Waals surface area contributed by atoms with Gasteiger partial charge in [0.15, 0.2) is 0 Å². The van der Waals surface area contributed by atoms with Crippen LogP contribution in [0.25, 0.3) is 12.2 Å². The molecule has 0 spiro atoms. The molecule has 0 aromatic heterocycles. The summed E-state index contributed by atoms with van der Waals surface area (Å²) in [6.07, 6.45) is 13.8. The number of halogens is 2. The molecule has 0 saturated carbocycles. The predicted molar refractivity (Wildman–Crippen MR) is 153 cm³/mol. The average Bonchev–Trinajstić information content (AvgIpc) is 3.45. The van der Waals surface area contributed by atoms with Gasteiger partial charge < -0.3 is 0 Å². The van der Waals surface area contributed by atoms with Gasteiger partial charge >= 0.3 is 200 Å².